The molecule has 0 aliphatic carbocycles. The average Bonchev–Trinajstić information content (AvgIpc) is 2.25. The van der Waals surface area contributed by atoms with Gasteiger partial charge in [0, 0.05) is 12.0 Å². The number of benzene rings is 1. The van der Waals surface area contributed by atoms with Crippen LogP contribution in [0.5, 0.6) is 0 Å². The van der Waals surface area contributed by atoms with E-state index in [9.17, 15) is 4.39 Å². The van der Waals surface area contributed by atoms with Crippen LogP contribution < -0.4 is 5.73 Å². The summed E-state index contributed by atoms with van der Waals surface area (Å²) in [4.78, 5) is 0. The minimum atomic E-state index is -0.391. The molecule has 0 saturated heterocycles. The fraction of sp³-hybridized carbons (Fsp3) is 0.333. The maximum absolute atomic E-state index is 13.2. The summed E-state index contributed by atoms with van der Waals surface area (Å²) in [7, 11) is 0. The fourth-order valence-corrected chi connectivity index (χ4v) is 1.54. The Kier molecular flexibility index (Phi) is 3.89. The molecule has 1 unspecified atom stereocenters. The van der Waals surface area contributed by atoms with Gasteiger partial charge in [-0.3, -0.25) is 0 Å². The molecule has 0 aliphatic heterocycles. The molecule has 1 aromatic rings. The molecule has 0 saturated carbocycles. The Morgan fingerprint density at radius 2 is 2.27 bits per heavy atom. The van der Waals surface area contributed by atoms with E-state index in [4.69, 9.17) is 17.3 Å². The van der Waals surface area contributed by atoms with Crippen LogP contribution in [0.25, 0.3) is 0 Å². The Balaban J connectivity index is 2.98. The Hall–Kier alpha value is -0.860. The van der Waals surface area contributed by atoms with E-state index in [0.717, 1.165) is 5.56 Å². The van der Waals surface area contributed by atoms with E-state index in [1.54, 1.807) is 12.1 Å². The zero-order chi connectivity index (χ0) is 11.5. The van der Waals surface area contributed by atoms with Gasteiger partial charge in [-0.2, -0.15) is 0 Å². The number of halogens is 2. The van der Waals surface area contributed by atoms with Crippen LogP contribution in [0.15, 0.2) is 30.9 Å². The minimum absolute atomic E-state index is 0.180. The normalized spacial score (nSPS) is 14.7. The van der Waals surface area contributed by atoms with Gasteiger partial charge in [0.25, 0.3) is 0 Å². The number of hydrogen-bond donors (Lipinski definition) is 1. The number of hydrogen-bond acceptors (Lipinski definition) is 1. The molecule has 3 heteroatoms. The lowest BCUT2D eigenvalue weighted by Crippen LogP contribution is -2.27. The molecule has 0 bridgehead atoms. The van der Waals surface area contributed by atoms with Crippen LogP contribution >= 0.6 is 11.6 Å². The standard InChI is InChI=1S/C12H15ClFN/c1-3-12(2,8-15)7-9-5-4-6-10(14)11(9)13/h3-6H,1,7-8,15H2,2H3. The van der Waals surface area contributed by atoms with E-state index in [-0.39, 0.29) is 10.4 Å². The van der Waals surface area contributed by atoms with Crippen LogP contribution in [0.1, 0.15) is 12.5 Å². The van der Waals surface area contributed by atoms with Gasteiger partial charge < -0.3 is 5.73 Å². The van der Waals surface area contributed by atoms with E-state index < -0.39 is 5.82 Å². The summed E-state index contributed by atoms with van der Waals surface area (Å²) in [5.74, 6) is -0.391. The monoisotopic (exact) mass is 227 g/mol. The molecule has 0 radical (unpaired) electrons. The number of nitrogens with two attached hydrogens (primary N) is 1. The van der Waals surface area contributed by atoms with Crippen molar-refractivity contribution >= 4 is 11.6 Å². The SMILES string of the molecule is C=CC(C)(CN)Cc1cccc(F)c1Cl. The zero-order valence-electron chi connectivity index (χ0n) is 8.76. The van der Waals surface area contributed by atoms with Crippen LogP contribution in [0.4, 0.5) is 4.39 Å². The molecule has 1 nitrogen and oxygen atoms in total. The van der Waals surface area contributed by atoms with Gasteiger partial charge in [0.1, 0.15) is 5.82 Å². The Bertz CT molecular complexity index is 365. The van der Waals surface area contributed by atoms with Crippen molar-refractivity contribution in [3.05, 3.63) is 47.3 Å². The molecule has 1 rings (SSSR count). The lowest BCUT2D eigenvalue weighted by atomic mass is 9.84. The predicted octanol–water partition coefficient (Wildman–Crippen LogP) is 3.17. The van der Waals surface area contributed by atoms with Gasteiger partial charge in [0.05, 0.1) is 5.02 Å². The fourth-order valence-electron chi connectivity index (χ4n) is 1.35. The minimum Gasteiger partial charge on any atom is -0.330 e. The summed E-state index contributed by atoms with van der Waals surface area (Å²) >= 11 is 5.86. The van der Waals surface area contributed by atoms with Crippen LogP contribution in [0.3, 0.4) is 0 Å². The molecule has 0 spiro atoms. The van der Waals surface area contributed by atoms with Gasteiger partial charge in [0.2, 0.25) is 0 Å². The van der Waals surface area contributed by atoms with Crippen LogP contribution in [0, 0.1) is 11.2 Å². The van der Waals surface area contributed by atoms with E-state index in [2.05, 4.69) is 6.58 Å². The Labute approximate surface area is 94.7 Å². The summed E-state index contributed by atoms with van der Waals surface area (Å²) in [5.41, 5.74) is 6.17. The molecule has 1 aromatic carbocycles. The smallest absolute Gasteiger partial charge is 0.142 e. The topological polar surface area (TPSA) is 26.0 Å². The zero-order valence-corrected chi connectivity index (χ0v) is 9.52. The third kappa shape index (κ3) is 2.80. The largest absolute Gasteiger partial charge is 0.330 e. The second-order valence-corrected chi connectivity index (χ2v) is 4.33. The molecule has 0 aliphatic rings. The second-order valence-electron chi connectivity index (χ2n) is 3.95. The third-order valence-electron chi connectivity index (χ3n) is 2.58. The molecular weight excluding hydrogens is 213 g/mol. The molecule has 0 heterocycles. The summed E-state index contributed by atoms with van der Waals surface area (Å²) in [6.45, 7) is 6.17. The lowest BCUT2D eigenvalue weighted by Gasteiger charge is -2.24. The lowest BCUT2D eigenvalue weighted by molar-refractivity contribution is 0.438. The van der Waals surface area contributed by atoms with E-state index in [1.165, 1.54) is 6.07 Å². The molecular formula is C12H15ClFN. The Morgan fingerprint density at radius 3 is 2.80 bits per heavy atom. The first-order valence-corrected chi connectivity index (χ1v) is 5.17. The average molecular weight is 228 g/mol. The van der Waals surface area contributed by atoms with E-state index >= 15 is 0 Å². The number of rotatable bonds is 4. The van der Waals surface area contributed by atoms with Crippen molar-refractivity contribution in [3.63, 3.8) is 0 Å². The highest BCUT2D eigenvalue weighted by molar-refractivity contribution is 6.31. The molecule has 2 N–H and O–H groups in total. The molecule has 1 atom stereocenters. The maximum Gasteiger partial charge on any atom is 0.142 e. The molecule has 82 valence electrons. The van der Waals surface area contributed by atoms with Crippen LogP contribution in [-0.2, 0) is 6.42 Å². The van der Waals surface area contributed by atoms with E-state index in [1.807, 2.05) is 13.0 Å². The summed E-state index contributed by atoms with van der Waals surface area (Å²) in [6.07, 6.45) is 2.39. The van der Waals surface area contributed by atoms with Crippen LogP contribution in [0.2, 0.25) is 5.02 Å². The second kappa shape index (κ2) is 4.77. The van der Waals surface area contributed by atoms with Gasteiger partial charge in [-0.15, -0.1) is 6.58 Å². The predicted molar refractivity (Wildman–Crippen MR) is 62.5 cm³/mol. The summed E-state index contributed by atoms with van der Waals surface area (Å²) in [5, 5.41) is 0.180. The molecule has 0 aromatic heterocycles. The first-order valence-electron chi connectivity index (χ1n) is 4.79. The van der Waals surface area contributed by atoms with Crippen LogP contribution in [-0.4, -0.2) is 6.54 Å². The highest BCUT2D eigenvalue weighted by Gasteiger charge is 2.20. The van der Waals surface area contributed by atoms with Gasteiger partial charge in [0.15, 0.2) is 0 Å². The summed E-state index contributed by atoms with van der Waals surface area (Å²) < 4.78 is 13.2. The first-order chi connectivity index (χ1) is 7.02. The highest BCUT2D eigenvalue weighted by Crippen LogP contribution is 2.28. The van der Waals surface area contributed by atoms with Gasteiger partial charge >= 0.3 is 0 Å². The molecule has 15 heavy (non-hydrogen) atoms. The summed E-state index contributed by atoms with van der Waals surface area (Å²) in [6, 6.07) is 4.80. The Morgan fingerprint density at radius 1 is 1.60 bits per heavy atom. The maximum atomic E-state index is 13.2. The third-order valence-corrected chi connectivity index (χ3v) is 3.01. The van der Waals surface area contributed by atoms with Gasteiger partial charge in [-0.25, -0.2) is 4.39 Å². The molecule has 0 fully saturated rings. The van der Waals surface area contributed by atoms with Crippen molar-refractivity contribution in [2.75, 3.05) is 6.54 Å². The van der Waals surface area contributed by atoms with E-state index in [0.29, 0.717) is 13.0 Å². The van der Waals surface area contributed by atoms with Crippen molar-refractivity contribution in [3.8, 4) is 0 Å². The van der Waals surface area contributed by atoms with Gasteiger partial charge in [-0.05, 0) is 18.1 Å². The first kappa shape index (κ1) is 12.2. The van der Waals surface area contributed by atoms with Crippen molar-refractivity contribution in [1.29, 1.82) is 0 Å². The van der Waals surface area contributed by atoms with Crippen molar-refractivity contribution in [1.82, 2.24) is 0 Å². The van der Waals surface area contributed by atoms with Gasteiger partial charge in [-0.1, -0.05) is 36.7 Å². The van der Waals surface area contributed by atoms with Crippen molar-refractivity contribution in [2.24, 2.45) is 11.1 Å². The van der Waals surface area contributed by atoms with Crippen molar-refractivity contribution < 1.29 is 4.39 Å². The van der Waals surface area contributed by atoms with Crippen molar-refractivity contribution in [2.45, 2.75) is 13.3 Å². The highest BCUT2D eigenvalue weighted by atomic mass is 35.5. The quantitative estimate of drug-likeness (QED) is 0.786. The molecule has 0 amide bonds.